The van der Waals surface area contributed by atoms with E-state index in [-0.39, 0.29) is 23.7 Å². The maximum Gasteiger partial charge on any atom is 0.273 e. The number of quaternary nitrogens is 1. The Hall–Kier alpha value is -2.85. The van der Waals surface area contributed by atoms with E-state index in [4.69, 9.17) is 0 Å². The van der Waals surface area contributed by atoms with Crippen molar-refractivity contribution in [1.82, 2.24) is 9.88 Å². The highest BCUT2D eigenvalue weighted by Gasteiger charge is 2.22. The van der Waals surface area contributed by atoms with E-state index >= 15 is 0 Å². The van der Waals surface area contributed by atoms with Crippen molar-refractivity contribution in [3.8, 4) is 0 Å². The highest BCUT2D eigenvalue weighted by atomic mass is 32.1. The van der Waals surface area contributed by atoms with E-state index in [1.807, 2.05) is 14.1 Å². The van der Waals surface area contributed by atoms with Crippen molar-refractivity contribution in [2.24, 2.45) is 0 Å². The molecule has 2 aromatic rings. The van der Waals surface area contributed by atoms with Crippen LogP contribution in [0.15, 0.2) is 29.8 Å². The molecule has 0 aliphatic carbocycles. The molecule has 0 aliphatic rings. The fourth-order valence-electron chi connectivity index (χ4n) is 2.61. The molecule has 10 heteroatoms. The second kappa shape index (κ2) is 9.90. The predicted octanol–water partition coefficient (Wildman–Crippen LogP) is 0.975. The number of amides is 2. The van der Waals surface area contributed by atoms with Crippen LogP contribution in [0.5, 0.6) is 0 Å². The molecule has 0 saturated heterocycles. The fraction of sp³-hybridized carbons (Fsp3) is 0.389. The minimum atomic E-state index is -0.513. The smallest absolute Gasteiger partial charge is 0.273 e. The summed E-state index contributed by atoms with van der Waals surface area (Å²) in [6, 6.07) is 4.36. The number of nitrogens with one attached hydrogen (secondary N) is 2. The molecule has 2 rings (SSSR count). The van der Waals surface area contributed by atoms with Crippen LogP contribution in [-0.2, 0) is 4.79 Å². The van der Waals surface area contributed by atoms with Gasteiger partial charge in [0.2, 0.25) is 5.91 Å². The van der Waals surface area contributed by atoms with Gasteiger partial charge in [-0.3, -0.25) is 19.7 Å². The number of aromatic nitrogens is 1. The quantitative estimate of drug-likeness (QED) is 0.476. The van der Waals surface area contributed by atoms with Crippen LogP contribution in [0.3, 0.4) is 0 Å². The highest BCUT2D eigenvalue weighted by molar-refractivity contribution is 7.13. The maximum absolute atomic E-state index is 12.9. The first-order valence-corrected chi connectivity index (χ1v) is 9.68. The van der Waals surface area contributed by atoms with Crippen molar-refractivity contribution in [3.63, 3.8) is 0 Å². The SMILES string of the molecule is Cc1ccc(C(=O)N(CCC[NH+](C)C)CC(=O)Nc2nccs2)cc1[N+](=O)[O-]. The lowest BCUT2D eigenvalue weighted by Gasteiger charge is -2.22. The lowest BCUT2D eigenvalue weighted by Crippen LogP contribution is -3.05. The Morgan fingerprint density at radius 2 is 2.11 bits per heavy atom. The van der Waals surface area contributed by atoms with Crippen LogP contribution in [0.1, 0.15) is 22.3 Å². The standard InChI is InChI=1S/C18H23N5O4S/c1-13-5-6-14(11-15(13)23(26)27)17(25)22(9-4-8-21(2)3)12-16(24)20-18-19-7-10-28-18/h5-7,10-11H,4,8-9,12H2,1-3H3,(H,19,20,24)/p+1. The summed E-state index contributed by atoms with van der Waals surface area (Å²) >= 11 is 1.29. The van der Waals surface area contributed by atoms with Gasteiger partial charge in [-0.2, -0.15) is 0 Å². The lowest BCUT2D eigenvalue weighted by molar-refractivity contribution is -0.858. The molecule has 0 fully saturated rings. The number of aryl methyl sites for hydroxylation is 1. The van der Waals surface area contributed by atoms with E-state index in [1.54, 1.807) is 30.6 Å². The summed E-state index contributed by atoms with van der Waals surface area (Å²) in [5.74, 6) is -0.770. The monoisotopic (exact) mass is 406 g/mol. The molecule has 0 bridgehead atoms. The fourth-order valence-corrected chi connectivity index (χ4v) is 3.16. The van der Waals surface area contributed by atoms with Gasteiger partial charge in [-0.15, -0.1) is 11.3 Å². The van der Waals surface area contributed by atoms with Crippen molar-refractivity contribution in [2.45, 2.75) is 13.3 Å². The Balaban J connectivity index is 2.17. The zero-order valence-corrected chi connectivity index (χ0v) is 16.9. The first-order valence-electron chi connectivity index (χ1n) is 8.80. The van der Waals surface area contributed by atoms with Crippen LogP contribution >= 0.6 is 11.3 Å². The average molecular weight is 406 g/mol. The molecule has 0 unspecified atom stereocenters. The molecule has 28 heavy (non-hydrogen) atoms. The van der Waals surface area contributed by atoms with Crippen molar-refractivity contribution in [2.75, 3.05) is 39.0 Å². The predicted molar refractivity (Wildman–Crippen MR) is 107 cm³/mol. The topological polar surface area (TPSA) is 110 Å². The van der Waals surface area contributed by atoms with Crippen LogP contribution in [0.4, 0.5) is 10.8 Å². The zero-order chi connectivity index (χ0) is 20.7. The van der Waals surface area contributed by atoms with Crippen LogP contribution in [0.2, 0.25) is 0 Å². The summed E-state index contributed by atoms with van der Waals surface area (Å²) in [5, 5.41) is 16.0. The largest absolute Gasteiger partial charge is 0.340 e. The molecule has 0 saturated carbocycles. The Morgan fingerprint density at radius 1 is 1.36 bits per heavy atom. The van der Waals surface area contributed by atoms with Gasteiger partial charge in [0.15, 0.2) is 5.13 Å². The van der Waals surface area contributed by atoms with Crippen molar-refractivity contribution >= 4 is 34.0 Å². The Kier molecular flexibility index (Phi) is 7.59. The van der Waals surface area contributed by atoms with E-state index in [0.717, 1.165) is 6.54 Å². The molecule has 2 N–H and O–H groups in total. The molecule has 0 aliphatic heterocycles. The molecule has 0 radical (unpaired) electrons. The van der Waals surface area contributed by atoms with Gasteiger partial charge in [0.1, 0.15) is 6.54 Å². The Bertz CT molecular complexity index is 839. The van der Waals surface area contributed by atoms with Gasteiger partial charge in [0, 0.05) is 41.7 Å². The molecule has 1 heterocycles. The van der Waals surface area contributed by atoms with Gasteiger partial charge in [0.25, 0.3) is 11.6 Å². The minimum absolute atomic E-state index is 0.115. The van der Waals surface area contributed by atoms with Crippen molar-refractivity contribution < 1.29 is 19.4 Å². The summed E-state index contributed by atoms with van der Waals surface area (Å²) < 4.78 is 0. The number of anilines is 1. The number of hydrogen-bond donors (Lipinski definition) is 2. The summed E-state index contributed by atoms with van der Waals surface area (Å²) in [4.78, 5) is 42.6. The summed E-state index contributed by atoms with van der Waals surface area (Å²) in [6.07, 6.45) is 2.28. The number of thiazole rings is 1. The van der Waals surface area contributed by atoms with E-state index in [9.17, 15) is 19.7 Å². The van der Waals surface area contributed by atoms with Gasteiger partial charge < -0.3 is 15.1 Å². The molecule has 0 spiro atoms. The molecule has 2 amide bonds. The lowest BCUT2D eigenvalue weighted by atomic mass is 10.1. The van der Waals surface area contributed by atoms with Gasteiger partial charge in [-0.05, 0) is 13.0 Å². The molecule has 150 valence electrons. The van der Waals surface area contributed by atoms with Gasteiger partial charge >= 0.3 is 0 Å². The number of nitro benzene ring substituents is 1. The number of hydrogen-bond acceptors (Lipinski definition) is 6. The first-order chi connectivity index (χ1) is 13.3. The third-order valence-electron chi connectivity index (χ3n) is 4.06. The molecule has 1 aromatic heterocycles. The number of carbonyl (C=O) groups is 2. The van der Waals surface area contributed by atoms with Gasteiger partial charge in [-0.25, -0.2) is 4.98 Å². The summed E-state index contributed by atoms with van der Waals surface area (Å²) in [6.45, 7) is 2.66. The van der Waals surface area contributed by atoms with Crippen LogP contribution in [0, 0.1) is 17.0 Å². The van der Waals surface area contributed by atoms with E-state index < -0.39 is 10.8 Å². The molecule has 1 aromatic carbocycles. The number of carbonyl (C=O) groups excluding carboxylic acids is 2. The molecular weight excluding hydrogens is 382 g/mol. The first kappa shape index (κ1) is 21.5. The molecule has 0 atom stereocenters. The summed E-state index contributed by atoms with van der Waals surface area (Å²) in [7, 11) is 4.01. The van der Waals surface area contributed by atoms with Gasteiger partial charge in [-0.1, -0.05) is 6.07 Å². The second-order valence-electron chi connectivity index (χ2n) is 6.68. The number of benzene rings is 1. The van der Waals surface area contributed by atoms with E-state index in [1.165, 1.54) is 27.2 Å². The third kappa shape index (κ3) is 6.10. The van der Waals surface area contributed by atoms with E-state index in [2.05, 4.69) is 10.3 Å². The maximum atomic E-state index is 12.9. The van der Waals surface area contributed by atoms with Crippen molar-refractivity contribution in [1.29, 1.82) is 0 Å². The minimum Gasteiger partial charge on any atom is -0.340 e. The van der Waals surface area contributed by atoms with Crippen LogP contribution in [-0.4, -0.2) is 60.4 Å². The average Bonchev–Trinajstić information content (AvgIpc) is 3.13. The Morgan fingerprint density at radius 3 is 2.71 bits per heavy atom. The van der Waals surface area contributed by atoms with E-state index in [0.29, 0.717) is 23.7 Å². The number of nitrogens with zero attached hydrogens (tertiary/aromatic N) is 3. The van der Waals surface area contributed by atoms with Gasteiger partial charge in [0.05, 0.1) is 25.6 Å². The third-order valence-corrected chi connectivity index (χ3v) is 4.75. The normalized spacial score (nSPS) is 10.7. The number of nitro groups is 1. The zero-order valence-electron chi connectivity index (χ0n) is 16.1. The molecule has 9 nitrogen and oxygen atoms in total. The number of rotatable bonds is 9. The second-order valence-corrected chi connectivity index (χ2v) is 7.58. The Labute approximate surface area is 167 Å². The summed E-state index contributed by atoms with van der Waals surface area (Å²) in [5.41, 5.74) is 0.554. The van der Waals surface area contributed by atoms with Crippen molar-refractivity contribution in [3.05, 3.63) is 51.0 Å². The highest BCUT2D eigenvalue weighted by Crippen LogP contribution is 2.20. The molecular formula is C18H24N5O4S+. The van der Waals surface area contributed by atoms with Crippen LogP contribution < -0.4 is 10.2 Å². The van der Waals surface area contributed by atoms with Crippen LogP contribution in [0.25, 0.3) is 0 Å².